The van der Waals surface area contributed by atoms with E-state index >= 15 is 0 Å². The van der Waals surface area contributed by atoms with Gasteiger partial charge in [-0.25, -0.2) is 0 Å². The summed E-state index contributed by atoms with van der Waals surface area (Å²) in [6, 6.07) is 7.48. The van der Waals surface area contributed by atoms with E-state index in [0.29, 0.717) is 26.1 Å². The molecular weight excluding hydrogens is 324 g/mol. The highest BCUT2D eigenvalue weighted by molar-refractivity contribution is 9.10. The molecule has 0 heterocycles. The Morgan fingerprint density at radius 3 is 2.85 bits per heavy atom. The zero-order valence-electron chi connectivity index (χ0n) is 11.8. The van der Waals surface area contributed by atoms with Gasteiger partial charge in [0.05, 0.1) is 18.4 Å². The number of carbonyl (C=O) groups is 1. The number of carbonyl (C=O) groups excluding carboxylic acids is 1. The Kier molecular flexibility index (Phi) is 7.76. The number of methoxy groups -OCH3 is 1. The van der Waals surface area contributed by atoms with Crippen molar-refractivity contribution in [1.82, 2.24) is 4.90 Å². The number of halogens is 1. The molecule has 0 saturated carbocycles. The molecule has 1 unspecified atom stereocenters. The number of likely N-dealkylation sites (N-methyl/N-ethyl adjacent to an activating group) is 1. The van der Waals surface area contributed by atoms with Gasteiger partial charge in [0.25, 0.3) is 0 Å². The Hall–Kier alpha value is -0.950. The van der Waals surface area contributed by atoms with Crippen LogP contribution in [0.4, 0.5) is 5.69 Å². The summed E-state index contributed by atoms with van der Waals surface area (Å²) in [5, 5.41) is 12.4. The number of rotatable bonds is 8. The Morgan fingerprint density at radius 1 is 1.50 bits per heavy atom. The highest BCUT2D eigenvalue weighted by atomic mass is 79.9. The second kappa shape index (κ2) is 9.07. The van der Waals surface area contributed by atoms with E-state index in [2.05, 4.69) is 21.2 Å². The van der Waals surface area contributed by atoms with Crippen molar-refractivity contribution in [2.24, 2.45) is 0 Å². The maximum atomic E-state index is 11.8. The first kappa shape index (κ1) is 17.1. The van der Waals surface area contributed by atoms with Gasteiger partial charge >= 0.3 is 0 Å². The number of anilines is 1. The van der Waals surface area contributed by atoms with Crippen LogP contribution in [0.1, 0.15) is 6.42 Å². The number of amides is 1. The number of ether oxygens (including phenoxy) is 1. The lowest BCUT2D eigenvalue weighted by Crippen LogP contribution is -2.33. The Bertz CT molecular complexity index is 429. The molecule has 0 saturated heterocycles. The first-order valence-electron chi connectivity index (χ1n) is 6.43. The zero-order chi connectivity index (χ0) is 15.0. The SMILES string of the molecule is COCC(O)CN(C)CCC(=O)Nc1ccccc1Br. The minimum Gasteiger partial charge on any atom is -0.389 e. The summed E-state index contributed by atoms with van der Waals surface area (Å²) >= 11 is 3.38. The maximum Gasteiger partial charge on any atom is 0.225 e. The average molecular weight is 345 g/mol. The fourth-order valence-electron chi connectivity index (χ4n) is 1.76. The van der Waals surface area contributed by atoms with E-state index in [1.54, 1.807) is 7.11 Å². The van der Waals surface area contributed by atoms with Crippen LogP contribution in [0.2, 0.25) is 0 Å². The number of hydrogen-bond donors (Lipinski definition) is 2. The lowest BCUT2D eigenvalue weighted by molar-refractivity contribution is -0.116. The number of aliphatic hydroxyl groups is 1. The molecule has 1 atom stereocenters. The van der Waals surface area contributed by atoms with Crippen LogP contribution in [0.15, 0.2) is 28.7 Å². The summed E-state index contributed by atoms with van der Waals surface area (Å²) in [5.41, 5.74) is 0.763. The van der Waals surface area contributed by atoms with E-state index < -0.39 is 6.10 Å². The monoisotopic (exact) mass is 344 g/mol. The lowest BCUT2D eigenvalue weighted by atomic mass is 10.3. The molecule has 5 nitrogen and oxygen atoms in total. The minimum absolute atomic E-state index is 0.0509. The highest BCUT2D eigenvalue weighted by Gasteiger charge is 2.10. The lowest BCUT2D eigenvalue weighted by Gasteiger charge is -2.19. The molecule has 1 aromatic rings. The molecule has 1 amide bonds. The molecule has 0 aliphatic heterocycles. The molecule has 0 aliphatic rings. The van der Waals surface area contributed by atoms with E-state index in [9.17, 15) is 9.90 Å². The van der Waals surface area contributed by atoms with Crippen molar-refractivity contribution in [3.63, 3.8) is 0 Å². The first-order valence-corrected chi connectivity index (χ1v) is 7.22. The highest BCUT2D eigenvalue weighted by Crippen LogP contribution is 2.21. The number of nitrogens with zero attached hydrogens (tertiary/aromatic N) is 1. The van der Waals surface area contributed by atoms with Crippen molar-refractivity contribution in [2.75, 3.05) is 39.2 Å². The molecule has 1 aromatic carbocycles. The normalized spacial score (nSPS) is 12.4. The van der Waals surface area contributed by atoms with Gasteiger partial charge < -0.3 is 20.1 Å². The molecule has 0 aliphatic carbocycles. The van der Waals surface area contributed by atoms with Crippen LogP contribution in [0.5, 0.6) is 0 Å². The van der Waals surface area contributed by atoms with E-state index in [4.69, 9.17) is 4.74 Å². The van der Waals surface area contributed by atoms with Crippen LogP contribution in [0.3, 0.4) is 0 Å². The first-order chi connectivity index (χ1) is 9.52. The van der Waals surface area contributed by atoms with E-state index in [-0.39, 0.29) is 5.91 Å². The molecule has 20 heavy (non-hydrogen) atoms. The molecule has 0 radical (unpaired) electrons. The van der Waals surface area contributed by atoms with Crippen molar-refractivity contribution < 1.29 is 14.6 Å². The van der Waals surface area contributed by atoms with Crippen molar-refractivity contribution >= 4 is 27.5 Å². The second-order valence-electron chi connectivity index (χ2n) is 4.65. The van der Waals surface area contributed by atoms with Crippen LogP contribution in [-0.2, 0) is 9.53 Å². The molecule has 0 spiro atoms. The van der Waals surface area contributed by atoms with Crippen LogP contribution >= 0.6 is 15.9 Å². The number of hydrogen-bond acceptors (Lipinski definition) is 4. The predicted octanol–water partition coefficient (Wildman–Crippen LogP) is 1.72. The van der Waals surface area contributed by atoms with Crippen LogP contribution in [0.25, 0.3) is 0 Å². The largest absolute Gasteiger partial charge is 0.389 e. The van der Waals surface area contributed by atoms with Gasteiger partial charge in [-0.2, -0.15) is 0 Å². The molecule has 6 heteroatoms. The molecule has 112 valence electrons. The number of aliphatic hydroxyl groups excluding tert-OH is 1. The van der Waals surface area contributed by atoms with Crippen LogP contribution < -0.4 is 5.32 Å². The number of para-hydroxylation sites is 1. The second-order valence-corrected chi connectivity index (χ2v) is 5.50. The van der Waals surface area contributed by atoms with Crippen molar-refractivity contribution in [2.45, 2.75) is 12.5 Å². The fraction of sp³-hybridized carbons (Fsp3) is 0.500. The van der Waals surface area contributed by atoms with Crippen LogP contribution in [0, 0.1) is 0 Å². The van der Waals surface area contributed by atoms with Gasteiger partial charge in [0.2, 0.25) is 5.91 Å². The number of benzene rings is 1. The zero-order valence-corrected chi connectivity index (χ0v) is 13.4. The van der Waals surface area contributed by atoms with Crippen molar-refractivity contribution in [1.29, 1.82) is 0 Å². The molecule has 1 rings (SSSR count). The molecule has 0 bridgehead atoms. The van der Waals surface area contributed by atoms with Gasteiger partial charge in [-0.15, -0.1) is 0 Å². The Labute approximate surface area is 128 Å². The van der Waals surface area contributed by atoms with Crippen molar-refractivity contribution in [3.05, 3.63) is 28.7 Å². The van der Waals surface area contributed by atoms with E-state index in [0.717, 1.165) is 10.2 Å². The summed E-state index contributed by atoms with van der Waals surface area (Å²) in [7, 11) is 3.42. The van der Waals surface area contributed by atoms with Gasteiger partial charge in [-0.1, -0.05) is 12.1 Å². The quantitative estimate of drug-likeness (QED) is 0.753. The van der Waals surface area contributed by atoms with E-state index in [1.807, 2.05) is 36.2 Å². The molecule has 0 aromatic heterocycles. The van der Waals surface area contributed by atoms with Gasteiger partial charge in [-0.05, 0) is 35.1 Å². The molecule has 0 fully saturated rings. The number of nitrogens with one attached hydrogen (secondary N) is 1. The topological polar surface area (TPSA) is 61.8 Å². The smallest absolute Gasteiger partial charge is 0.225 e. The predicted molar refractivity (Wildman–Crippen MR) is 82.8 cm³/mol. The summed E-state index contributed by atoms with van der Waals surface area (Å²) in [4.78, 5) is 13.7. The van der Waals surface area contributed by atoms with Gasteiger partial charge in [0.1, 0.15) is 0 Å². The Balaban J connectivity index is 2.31. The third-order valence-corrected chi connectivity index (χ3v) is 3.44. The van der Waals surface area contributed by atoms with Gasteiger partial charge in [0, 0.05) is 31.1 Å². The Morgan fingerprint density at radius 2 is 2.20 bits per heavy atom. The standard InChI is InChI=1S/C14H21BrN2O3/c1-17(9-11(18)10-20-2)8-7-14(19)16-13-6-4-3-5-12(13)15/h3-6,11,18H,7-10H2,1-2H3,(H,16,19). The third kappa shape index (κ3) is 6.47. The van der Waals surface area contributed by atoms with E-state index in [1.165, 1.54) is 0 Å². The summed E-state index contributed by atoms with van der Waals surface area (Å²) in [6.07, 6.45) is -0.159. The molecule has 2 N–H and O–H groups in total. The fourth-order valence-corrected chi connectivity index (χ4v) is 2.15. The summed E-state index contributed by atoms with van der Waals surface area (Å²) < 4.78 is 5.72. The van der Waals surface area contributed by atoms with Crippen LogP contribution in [-0.4, -0.2) is 55.9 Å². The minimum atomic E-state index is -0.531. The van der Waals surface area contributed by atoms with Crippen molar-refractivity contribution in [3.8, 4) is 0 Å². The third-order valence-electron chi connectivity index (χ3n) is 2.75. The van der Waals surface area contributed by atoms with Gasteiger partial charge in [-0.3, -0.25) is 4.79 Å². The summed E-state index contributed by atoms with van der Waals surface area (Å²) in [5.74, 6) is -0.0509. The average Bonchev–Trinajstić information content (AvgIpc) is 2.39. The maximum absolute atomic E-state index is 11.8. The summed E-state index contributed by atoms with van der Waals surface area (Å²) in [6.45, 7) is 1.36. The van der Waals surface area contributed by atoms with Gasteiger partial charge in [0.15, 0.2) is 0 Å². The molecular formula is C14H21BrN2O3.